The highest BCUT2D eigenvalue weighted by Gasteiger charge is 2.38. The van der Waals surface area contributed by atoms with Gasteiger partial charge in [0.15, 0.2) is 0 Å². The van der Waals surface area contributed by atoms with Crippen molar-refractivity contribution in [3.8, 4) is 0 Å². The number of aliphatic imine (C=N–C) groups is 1. The van der Waals surface area contributed by atoms with Crippen LogP contribution >= 0.6 is 27.5 Å². The molecule has 0 aromatic heterocycles. The number of rotatable bonds is 4. The first-order valence-corrected chi connectivity index (χ1v) is 13.7. The molecule has 37 heavy (non-hydrogen) atoms. The molecule has 9 heteroatoms. The van der Waals surface area contributed by atoms with Crippen LogP contribution in [0.3, 0.4) is 0 Å². The number of anilines is 1. The predicted molar refractivity (Wildman–Crippen MR) is 152 cm³/mol. The number of ether oxygens (including phenoxy) is 1. The summed E-state index contributed by atoms with van der Waals surface area (Å²) in [5.41, 5.74) is 3.83. The lowest BCUT2D eigenvalue weighted by molar-refractivity contribution is -0.132. The molecule has 2 aromatic carbocycles. The van der Waals surface area contributed by atoms with E-state index in [1.165, 1.54) is 0 Å². The molecular weight excluding hydrogens is 556 g/mol. The fourth-order valence-corrected chi connectivity index (χ4v) is 5.53. The Kier molecular flexibility index (Phi) is 7.91. The van der Waals surface area contributed by atoms with Crippen LogP contribution < -0.4 is 4.90 Å². The van der Waals surface area contributed by atoms with Crippen LogP contribution in [0.1, 0.15) is 56.3 Å². The van der Waals surface area contributed by atoms with E-state index in [1.54, 1.807) is 23.2 Å². The highest BCUT2D eigenvalue weighted by atomic mass is 79.9. The molecule has 2 aliphatic rings. The zero-order valence-corrected chi connectivity index (χ0v) is 24.6. The molecule has 2 amide bonds. The molecule has 7 nitrogen and oxygen atoms in total. The molecule has 2 aliphatic heterocycles. The van der Waals surface area contributed by atoms with Gasteiger partial charge in [-0.25, -0.2) is 9.79 Å². The monoisotopic (exact) mass is 588 g/mol. The summed E-state index contributed by atoms with van der Waals surface area (Å²) >= 11 is 10.0. The van der Waals surface area contributed by atoms with Crippen molar-refractivity contribution in [3.63, 3.8) is 0 Å². The second kappa shape index (κ2) is 10.7. The lowest BCUT2D eigenvalue weighted by Gasteiger charge is -2.37. The van der Waals surface area contributed by atoms with Crippen LogP contribution in [0.15, 0.2) is 39.8 Å². The second-order valence-corrected chi connectivity index (χ2v) is 12.2. The first-order valence-electron chi connectivity index (χ1n) is 12.5. The highest BCUT2D eigenvalue weighted by molar-refractivity contribution is 9.10. The summed E-state index contributed by atoms with van der Waals surface area (Å²) in [6.45, 7) is 10.6. The van der Waals surface area contributed by atoms with Gasteiger partial charge >= 0.3 is 6.09 Å². The van der Waals surface area contributed by atoms with Gasteiger partial charge in [-0.1, -0.05) is 27.5 Å². The molecule has 198 valence electrons. The van der Waals surface area contributed by atoms with Gasteiger partial charge in [-0.2, -0.15) is 0 Å². The maximum absolute atomic E-state index is 14.1. The maximum atomic E-state index is 14.1. The average molecular weight is 590 g/mol. The Bertz CT molecular complexity index is 1220. The fraction of sp³-hybridized carbons (Fsp3) is 0.464. The lowest BCUT2D eigenvalue weighted by Crippen LogP contribution is -2.48. The number of hydrogen-bond acceptors (Lipinski definition) is 5. The smallest absolute Gasteiger partial charge is 0.410 e. The summed E-state index contributed by atoms with van der Waals surface area (Å²) in [6, 6.07) is 8.94. The zero-order valence-electron chi connectivity index (χ0n) is 22.2. The SMILES string of the molecule is Cc1cc(Cl)cc(N2C=Nc3cc(C)c(Br)cc3[C@H]2C(=O)N(C)C[C@@H]2CCCN2C(=O)OC(C)(C)C)c1. The number of likely N-dealkylation sites (tertiary alicyclic amines) is 1. The number of hydrogen-bond donors (Lipinski definition) is 0. The quantitative estimate of drug-likeness (QED) is 0.394. The molecule has 1 saturated heterocycles. The van der Waals surface area contributed by atoms with E-state index in [4.69, 9.17) is 16.3 Å². The molecule has 0 unspecified atom stereocenters. The van der Waals surface area contributed by atoms with Crippen LogP contribution in [0.25, 0.3) is 0 Å². The molecule has 0 aliphatic carbocycles. The van der Waals surface area contributed by atoms with Crippen LogP contribution in [0.2, 0.25) is 5.02 Å². The third-order valence-corrected chi connectivity index (χ3v) is 7.70. The number of likely N-dealkylation sites (N-methyl/N-ethyl adjacent to an activating group) is 1. The zero-order chi connectivity index (χ0) is 27.1. The molecule has 4 rings (SSSR count). The van der Waals surface area contributed by atoms with Crippen LogP contribution in [-0.4, -0.2) is 59.9 Å². The minimum atomic E-state index is -0.636. The van der Waals surface area contributed by atoms with Crippen LogP contribution in [0.5, 0.6) is 0 Å². The van der Waals surface area contributed by atoms with Crippen molar-refractivity contribution < 1.29 is 14.3 Å². The average Bonchev–Trinajstić information content (AvgIpc) is 3.25. The van der Waals surface area contributed by atoms with Gasteiger partial charge in [-0.15, -0.1) is 0 Å². The largest absolute Gasteiger partial charge is 0.444 e. The Morgan fingerprint density at radius 2 is 1.92 bits per heavy atom. The third-order valence-electron chi connectivity index (χ3n) is 6.63. The third kappa shape index (κ3) is 6.12. The summed E-state index contributed by atoms with van der Waals surface area (Å²) in [4.78, 5) is 37.0. The standard InChI is InChI=1S/C28H34BrClN4O3/c1-17-10-19(30)13-21(11-17)34-16-31-24-12-18(2)23(29)14-22(24)25(34)26(35)32(6)15-20-8-7-9-33(20)27(36)37-28(3,4)5/h10-14,16,20,25H,7-9,15H2,1-6H3/t20-,25-/m0/s1. The van der Waals surface area contributed by atoms with Crippen LogP contribution in [0.4, 0.5) is 16.2 Å². The van der Waals surface area contributed by atoms with Gasteiger partial charge in [0.05, 0.1) is 18.1 Å². The lowest BCUT2D eigenvalue weighted by atomic mass is 9.97. The molecule has 0 radical (unpaired) electrons. The van der Waals surface area contributed by atoms with E-state index in [1.807, 2.05) is 69.9 Å². The number of benzene rings is 2. The van der Waals surface area contributed by atoms with Crippen molar-refractivity contribution in [1.29, 1.82) is 0 Å². The summed E-state index contributed by atoms with van der Waals surface area (Å²) in [5.74, 6) is -0.0863. The van der Waals surface area contributed by atoms with Gasteiger partial charge in [0, 0.05) is 40.9 Å². The number of amides is 2. The van der Waals surface area contributed by atoms with Crippen LogP contribution in [0, 0.1) is 13.8 Å². The molecule has 0 spiro atoms. The number of carbonyl (C=O) groups is 2. The Morgan fingerprint density at radius 3 is 2.59 bits per heavy atom. The Labute approximate surface area is 232 Å². The van der Waals surface area contributed by atoms with E-state index in [0.29, 0.717) is 18.1 Å². The van der Waals surface area contributed by atoms with Gasteiger partial charge in [0.2, 0.25) is 5.91 Å². The molecule has 0 bridgehead atoms. The molecule has 2 atom stereocenters. The number of fused-ring (bicyclic) bond motifs is 1. The van der Waals surface area contributed by atoms with E-state index >= 15 is 0 Å². The predicted octanol–water partition coefficient (Wildman–Crippen LogP) is 6.80. The van der Waals surface area contributed by atoms with Crippen molar-refractivity contribution >= 4 is 57.2 Å². The normalized spacial score (nSPS) is 19.1. The number of aryl methyl sites for hydroxylation is 2. The van der Waals surface area contributed by atoms with E-state index in [9.17, 15) is 9.59 Å². The van der Waals surface area contributed by atoms with Gasteiger partial charge in [0.1, 0.15) is 11.6 Å². The number of carbonyl (C=O) groups excluding carboxylic acids is 2. The second-order valence-electron chi connectivity index (χ2n) is 10.9. The van der Waals surface area contributed by atoms with E-state index in [0.717, 1.165) is 45.4 Å². The number of nitrogens with zero attached hydrogens (tertiary/aromatic N) is 4. The van der Waals surface area contributed by atoms with E-state index in [-0.39, 0.29) is 18.0 Å². The van der Waals surface area contributed by atoms with Gasteiger partial charge in [0.25, 0.3) is 0 Å². The van der Waals surface area contributed by atoms with Gasteiger partial charge < -0.3 is 19.4 Å². The van der Waals surface area contributed by atoms with Crippen molar-refractivity contribution in [2.75, 3.05) is 25.0 Å². The number of halogens is 2. The molecule has 2 aromatic rings. The molecule has 1 fully saturated rings. The Balaban J connectivity index is 1.65. The minimum Gasteiger partial charge on any atom is -0.444 e. The molecule has 0 N–H and O–H groups in total. The Morgan fingerprint density at radius 1 is 1.19 bits per heavy atom. The first-order chi connectivity index (χ1) is 17.3. The van der Waals surface area contributed by atoms with Gasteiger partial charge in [-0.3, -0.25) is 4.79 Å². The summed E-state index contributed by atoms with van der Waals surface area (Å²) in [6.07, 6.45) is 3.08. The van der Waals surface area contributed by atoms with Crippen molar-refractivity contribution in [2.24, 2.45) is 4.99 Å². The molecule has 2 heterocycles. The van der Waals surface area contributed by atoms with Crippen LogP contribution in [-0.2, 0) is 9.53 Å². The van der Waals surface area contributed by atoms with Crippen molar-refractivity contribution in [3.05, 3.63) is 56.5 Å². The minimum absolute atomic E-state index is 0.0863. The fourth-order valence-electron chi connectivity index (χ4n) is 4.89. The molecular formula is C28H34BrClN4O3. The van der Waals surface area contributed by atoms with E-state index in [2.05, 4.69) is 20.9 Å². The Hall–Kier alpha value is -2.58. The highest BCUT2D eigenvalue weighted by Crippen LogP contribution is 2.40. The first kappa shape index (κ1) is 27.5. The van der Waals surface area contributed by atoms with Crippen molar-refractivity contribution in [2.45, 2.75) is 65.1 Å². The van der Waals surface area contributed by atoms with E-state index < -0.39 is 11.6 Å². The topological polar surface area (TPSA) is 65.5 Å². The van der Waals surface area contributed by atoms with Crippen molar-refractivity contribution in [1.82, 2.24) is 9.80 Å². The maximum Gasteiger partial charge on any atom is 0.410 e. The molecule has 0 saturated carbocycles. The summed E-state index contributed by atoms with van der Waals surface area (Å²) < 4.78 is 6.53. The summed E-state index contributed by atoms with van der Waals surface area (Å²) in [5, 5.41) is 0.595. The van der Waals surface area contributed by atoms with Gasteiger partial charge in [-0.05, 0) is 88.9 Å². The summed E-state index contributed by atoms with van der Waals surface area (Å²) in [7, 11) is 1.80.